The van der Waals surface area contributed by atoms with E-state index in [1.807, 2.05) is 0 Å². The Morgan fingerprint density at radius 2 is 2.24 bits per heavy atom. The first-order valence-corrected chi connectivity index (χ1v) is 7.13. The van der Waals surface area contributed by atoms with Crippen LogP contribution in [0.3, 0.4) is 0 Å². The van der Waals surface area contributed by atoms with Crippen LogP contribution < -0.4 is 5.32 Å². The van der Waals surface area contributed by atoms with Crippen molar-refractivity contribution in [3.8, 4) is 0 Å². The number of hydrogen-bond donors (Lipinski definition) is 2. The van der Waals surface area contributed by atoms with E-state index in [9.17, 15) is 9.59 Å². The number of carbonyl (C=O) groups excluding carboxylic acids is 1. The molecule has 0 aromatic heterocycles. The summed E-state index contributed by atoms with van der Waals surface area (Å²) in [6.07, 6.45) is 5.66. The van der Waals surface area contributed by atoms with Gasteiger partial charge in [-0.3, -0.25) is 0 Å². The molecule has 2 aliphatic rings. The molecule has 0 spiro atoms. The average molecular weight is 258 g/mol. The van der Waals surface area contributed by atoms with Crippen molar-refractivity contribution < 1.29 is 14.7 Å². The number of carboxylic acids is 1. The van der Waals surface area contributed by atoms with Crippen molar-refractivity contribution in [1.82, 2.24) is 10.2 Å². The van der Waals surface area contributed by atoms with Gasteiger partial charge in [0.1, 0.15) is 6.04 Å². The highest BCUT2D eigenvalue weighted by molar-refractivity contribution is 8.00. The highest BCUT2D eigenvalue weighted by atomic mass is 32.2. The van der Waals surface area contributed by atoms with Crippen LogP contribution in [0.15, 0.2) is 0 Å². The molecule has 2 rings (SSSR count). The third-order valence-electron chi connectivity index (χ3n) is 3.60. The molecule has 2 amide bonds. The number of thioether (sulfide) groups is 1. The second-order valence-corrected chi connectivity index (χ2v) is 6.01. The summed E-state index contributed by atoms with van der Waals surface area (Å²) in [6, 6.07) is -0.866. The summed E-state index contributed by atoms with van der Waals surface area (Å²) in [5.74, 6) is -0.899. The predicted octanol–water partition coefficient (Wildman–Crippen LogP) is 1.14. The second-order valence-electron chi connectivity index (χ2n) is 4.74. The number of rotatable bonds is 4. The molecule has 96 valence electrons. The molecular formula is C11H18N2O3S. The summed E-state index contributed by atoms with van der Waals surface area (Å²) in [4.78, 5) is 24.3. The highest BCUT2D eigenvalue weighted by Gasteiger charge is 2.43. The van der Waals surface area contributed by atoms with Gasteiger partial charge in [0.25, 0.3) is 0 Å². The van der Waals surface area contributed by atoms with Crippen LogP contribution in [0, 0.1) is 0 Å². The molecular weight excluding hydrogens is 240 g/mol. The Hall–Kier alpha value is -0.910. The van der Waals surface area contributed by atoms with Gasteiger partial charge >= 0.3 is 12.0 Å². The fourth-order valence-corrected chi connectivity index (χ4v) is 2.92. The SMILES string of the molecule is CSC1(CNC(=O)N2CCCC2C(=O)O)CC1. The van der Waals surface area contributed by atoms with Crippen LogP contribution in [-0.2, 0) is 4.79 Å². The molecule has 2 N–H and O–H groups in total. The molecule has 0 radical (unpaired) electrons. The monoisotopic (exact) mass is 258 g/mol. The van der Waals surface area contributed by atoms with Crippen LogP contribution in [0.4, 0.5) is 4.79 Å². The van der Waals surface area contributed by atoms with Crippen molar-refractivity contribution in [1.29, 1.82) is 0 Å². The number of urea groups is 1. The second kappa shape index (κ2) is 4.76. The zero-order chi connectivity index (χ0) is 12.5. The molecule has 1 aliphatic heterocycles. The summed E-state index contributed by atoms with van der Waals surface area (Å²) >= 11 is 1.78. The van der Waals surface area contributed by atoms with Crippen LogP contribution in [0.5, 0.6) is 0 Å². The maximum atomic E-state index is 11.9. The lowest BCUT2D eigenvalue weighted by Gasteiger charge is -2.23. The number of carbonyl (C=O) groups is 2. The molecule has 5 nitrogen and oxygen atoms in total. The Morgan fingerprint density at radius 1 is 1.53 bits per heavy atom. The van der Waals surface area contributed by atoms with E-state index in [-0.39, 0.29) is 10.8 Å². The molecule has 1 heterocycles. The van der Waals surface area contributed by atoms with E-state index in [1.54, 1.807) is 11.8 Å². The van der Waals surface area contributed by atoms with E-state index in [0.717, 1.165) is 19.3 Å². The lowest BCUT2D eigenvalue weighted by Crippen LogP contribution is -2.47. The smallest absolute Gasteiger partial charge is 0.326 e. The lowest BCUT2D eigenvalue weighted by atomic mass is 10.2. The van der Waals surface area contributed by atoms with E-state index in [4.69, 9.17) is 5.11 Å². The summed E-state index contributed by atoms with van der Waals surface area (Å²) in [5.41, 5.74) is 0. The Bertz CT molecular complexity index is 331. The van der Waals surface area contributed by atoms with Gasteiger partial charge in [-0.05, 0) is 31.9 Å². The van der Waals surface area contributed by atoms with Crippen molar-refractivity contribution >= 4 is 23.8 Å². The Kier molecular flexibility index (Phi) is 3.51. The molecule has 6 heteroatoms. The lowest BCUT2D eigenvalue weighted by molar-refractivity contribution is -0.141. The van der Waals surface area contributed by atoms with Gasteiger partial charge in [0.05, 0.1) is 0 Å². The number of amides is 2. The minimum Gasteiger partial charge on any atom is -0.480 e. The minimum absolute atomic E-state index is 0.216. The van der Waals surface area contributed by atoms with Crippen LogP contribution in [0.2, 0.25) is 0 Å². The molecule has 1 unspecified atom stereocenters. The summed E-state index contributed by atoms with van der Waals surface area (Å²) in [6.45, 7) is 1.20. The molecule has 17 heavy (non-hydrogen) atoms. The zero-order valence-corrected chi connectivity index (χ0v) is 10.8. The molecule has 2 fully saturated rings. The number of aliphatic carboxylic acids is 1. The van der Waals surface area contributed by atoms with Crippen molar-refractivity contribution in [2.75, 3.05) is 19.3 Å². The highest BCUT2D eigenvalue weighted by Crippen LogP contribution is 2.46. The first-order chi connectivity index (χ1) is 8.08. The molecule has 1 aliphatic carbocycles. The number of likely N-dealkylation sites (tertiary alicyclic amines) is 1. The van der Waals surface area contributed by atoms with E-state index in [0.29, 0.717) is 19.5 Å². The standard InChI is InChI=1S/C11H18N2O3S/c1-17-11(4-5-11)7-12-10(16)13-6-2-3-8(13)9(14)15/h8H,2-7H2,1H3,(H,12,16)(H,14,15). The van der Waals surface area contributed by atoms with Crippen LogP contribution in [0.1, 0.15) is 25.7 Å². The van der Waals surface area contributed by atoms with Crippen LogP contribution >= 0.6 is 11.8 Å². The van der Waals surface area contributed by atoms with Gasteiger partial charge in [-0.15, -0.1) is 0 Å². The molecule has 1 atom stereocenters. The van der Waals surface area contributed by atoms with Gasteiger partial charge in [-0.1, -0.05) is 0 Å². The number of carboxylic acid groups (broad SMARTS) is 1. The normalized spacial score (nSPS) is 25.7. The average Bonchev–Trinajstić information content (AvgIpc) is 2.91. The fraction of sp³-hybridized carbons (Fsp3) is 0.818. The molecule has 1 saturated heterocycles. The number of hydrogen-bond acceptors (Lipinski definition) is 3. The topological polar surface area (TPSA) is 69.6 Å². The Balaban J connectivity index is 1.85. The largest absolute Gasteiger partial charge is 0.480 e. The quantitative estimate of drug-likeness (QED) is 0.793. The minimum atomic E-state index is -0.899. The van der Waals surface area contributed by atoms with E-state index in [2.05, 4.69) is 11.6 Å². The van der Waals surface area contributed by atoms with E-state index >= 15 is 0 Å². The first-order valence-electron chi connectivity index (χ1n) is 5.90. The van der Waals surface area contributed by atoms with Crippen molar-refractivity contribution in [2.45, 2.75) is 36.5 Å². The fourth-order valence-electron chi connectivity index (χ4n) is 2.20. The molecule has 0 aromatic carbocycles. The zero-order valence-electron chi connectivity index (χ0n) is 9.94. The van der Waals surface area contributed by atoms with Gasteiger partial charge < -0.3 is 15.3 Å². The summed E-state index contributed by atoms with van der Waals surface area (Å²) < 4.78 is 0.216. The van der Waals surface area contributed by atoms with Gasteiger partial charge in [-0.25, -0.2) is 9.59 Å². The molecule has 0 bridgehead atoms. The Labute approximate surface area is 105 Å². The van der Waals surface area contributed by atoms with Crippen LogP contribution in [0.25, 0.3) is 0 Å². The van der Waals surface area contributed by atoms with Gasteiger partial charge in [0.15, 0.2) is 0 Å². The molecule has 0 aromatic rings. The van der Waals surface area contributed by atoms with Gasteiger partial charge in [0, 0.05) is 17.8 Å². The third kappa shape index (κ3) is 2.68. The number of nitrogens with zero attached hydrogens (tertiary/aromatic N) is 1. The summed E-state index contributed by atoms with van der Waals surface area (Å²) in [5, 5.41) is 11.9. The van der Waals surface area contributed by atoms with Crippen LogP contribution in [-0.4, -0.2) is 52.1 Å². The maximum absolute atomic E-state index is 11.9. The molecule has 1 saturated carbocycles. The van der Waals surface area contributed by atoms with Crippen molar-refractivity contribution in [2.24, 2.45) is 0 Å². The first kappa shape index (κ1) is 12.5. The van der Waals surface area contributed by atoms with E-state index in [1.165, 1.54) is 4.90 Å². The third-order valence-corrected chi connectivity index (χ3v) is 5.02. The van der Waals surface area contributed by atoms with Gasteiger partial charge in [0.2, 0.25) is 0 Å². The van der Waals surface area contributed by atoms with Gasteiger partial charge in [-0.2, -0.15) is 11.8 Å². The van der Waals surface area contributed by atoms with E-state index < -0.39 is 12.0 Å². The Morgan fingerprint density at radius 3 is 2.76 bits per heavy atom. The maximum Gasteiger partial charge on any atom is 0.326 e. The number of nitrogens with one attached hydrogen (secondary N) is 1. The summed E-state index contributed by atoms with van der Waals surface area (Å²) in [7, 11) is 0. The van der Waals surface area contributed by atoms with Crippen molar-refractivity contribution in [3.63, 3.8) is 0 Å². The van der Waals surface area contributed by atoms with Crippen molar-refractivity contribution in [3.05, 3.63) is 0 Å². The predicted molar refractivity (Wildman–Crippen MR) is 66.2 cm³/mol.